The number of hydrogen-bond acceptors (Lipinski definition) is 4. The van der Waals surface area contributed by atoms with Crippen LogP contribution in [0.5, 0.6) is 0 Å². The van der Waals surface area contributed by atoms with E-state index < -0.39 is 5.97 Å². The highest BCUT2D eigenvalue weighted by molar-refractivity contribution is 9.10. The molecule has 0 bridgehead atoms. The van der Waals surface area contributed by atoms with Gasteiger partial charge in [-0.05, 0) is 47.1 Å². The number of ether oxygens (including phenoxy) is 1. The molecule has 2 rings (SSSR count). The van der Waals surface area contributed by atoms with Crippen LogP contribution >= 0.6 is 15.9 Å². The van der Waals surface area contributed by atoms with Crippen LogP contribution in [0.2, 0.25) is 0 Å². The van der Waals surface area contributed by atoms with Crippen LogP contribution in [0, 0.1) is 6.92 Å². The number of carbonyl (C=O) groups is 1. The Bertz CT molecular complexity index is 622. The Morgan fingerprint density at radius 1 is 1.47 bits per heavy atom. The second-order valence-corrected chi connectivity index (χ2v) is 5.07. The van der Waals surface area contributed by atoms with Crippen molar-refractivity contribution in [2.24, 2.45) is 7.05 Å². The standard InChI is InChI=1S/C13H14BrN3O2/c1-8-5-10(17(2)16-8)7-19-13(18)9-3-4-11(14)12(15)6-9/h3-6H,7,15H2,1-2H3. The molecule has 1 aromatic carbocycles. The molecular formula is C13H14BrN3O2. The largest absolute Gasteiger partial charge is 0.456 e. The van der Waals surface area contributed by atoms with Crippen LogP contribution in [0.3, 0.4) is 0 Å². The molecule has 100 valence electrons. The molecule has 0 spiro atoms. The van der Waals surface area contributed by atoms with Crippen LogP contribution in [0.4, 0.5) is 5.69 Å². The van der Waals surface area contributed by atoms with E-state index in [0.717, 1.165) is 15.9 Å². The number of halogens is 1. The molecule has 5 nitrogen and oxygen atoms in total. The molecule has 0 saturated heterocycles. The lowest BCUT2D eigenvalue weighted by atomic mass is 10.2. The summed E-state index contributed by atoms with van der Waals surface area (Å²) in [6, 6.07) is 6.85. The Kier molecular flexibility index (Phi) is 3.90. The number of nitrogen functional groups attached to an aromatic ring is 1. The molecule has 0 amide bonds. The lowest BCUT2D eigenvalue weighted by Crippen LogP contribution is -2.08. The van der Waals surface area contributed by atoms with Gasteiger partial charge in [-0.3, -0.25) is 4.68 Å². The van der Waals surface area contributed by atoms with Crippen molar-refractivity contribution >= 4 is 27.6 Å². The fourth-order valence-corrected chi connectivity index (χ4v) is 1.94. The maximum absolute atomic E-state index is 11.9. The number of rotatable bonds is 3. The Morgan fingerprint density at radius 3 is 2.79 bits per heavy atom. The van der Waals surface area contributed by atoms with Gasteiger partial charge in [-0.15, -0.1) is 0 Å². The molecular weight excluding hydrogens is 310 g/mol. The highest BCUT2D eigenvalue weighted by atomic mass is 79.9. The third kappa shape index (κ3) is 3.14. The molecule has 0 aliphatic carbocycles. The Morgan fingerprint density at radius 2 is 2.21 bits per heavy atom. The summed E-state index contributed by atoms with van der Waals surface area (Å²) in [6.07, 6.45) is 0. The van der Waals surface area contributed by atoms with Gasteiger partial charge in [0.05, 0.1) is 17.0 Å². The highest BCUT2D eigenvalue weighted by Crippen LogP contribution is 2.20. The molecule has 1 heterocycles. The lowest BCUT2D eigenvalue weighted by molar-refractivity contribution is 0.0463. The number of carbonyl (C=O) groups excluding carboxylic acids is 1. The second-order valence-electron chi connectivity index (χ2n) is 4.21. The van der Waals surface area contributed by atoms with Crippen LogP contribution in [0.1, 0.15) is 21.7 Å². The summed E-state index contributed by atoms with van der Waals surface area (Å²) in [7, 11) is 1.81. The summed E-state index contributed by atoms with van der Waals surface area (Å²) in [5.74, 6) is -0.405. The van der Waals surface area contributed by atoms with Gasteiger partial charge >= 0.3 is 5.97 Å². The first-order chi connectivity index (χ1) is 8.97. The van der Waals surface area contributed by atoms with Gasteiger partial charge in [-0.1, -0.05) is 0 Å². The van der Waals surface area contributed by atoms with E-state index in [0.29, 0.717) is 11.3 Å². The molecule has 0 radical (unpaired) electrons. The normalized spacial score (nSPS) is 10.5. The van der Waals surface area contributed by atoms with E-state index >= 15 is 0 Å². The molecule has 0 unspecified atom stereocenters. The van der Waals surface area contributed by atoms with Crippen molar-refractivity contribution in [2.45, 2.75) is 13.5 Å². The highest BCUT2D eigenvalue weighted by Gasteiger charge is 2.10. The first-order valence-corrected chi connectivity index (χ1v) is 6.48. The number of anilines is 1. The number of hydrogen-bond donors (Lipinski definition) is 1. The monoisotopic (exact) mass is 323 g/mol. The molecule has 0 atom stereocenters. The predicted octanol–water partition coefficient (Wildman–Crippen LogP) is 2.43. The van der Waals surface area contributed by atoms with Gasteiger partial charge in [0.2, 0.25) is 0 Å². The molecule has 0 fully saturated rings. The quantitative estimate of drug-likeness (QED) is 0.695. The maximum Gasteiger partial charge on any atom is 0.338 e. The number of aromatic nitrogens is 2. The fourth-order valence-electron chi connectivity index (χ4n) is 1.69. The van der Waals surface area contributed by atoms with Crippen molar-refractivity contribution in [1.29, 1.82) is 0 Å². The zero-order valence-electron chi connectivity index (χ0n) is 10.7. The van der Waals surface area contributed by atoms with Gasteiger partial charge in [0.1, 0.15) is 6.61 Å². The van der Waals surface area contributed by atoms with Crippen LogP contribution < -0.4 is 5.73 Å². The third-order valence-corrected chi connectivity index (χ3v) is 3.40. The Balaban J connectivity index is 2.05. The average Bonchev–Trinajstić information content (AvgIpc) is 2.68. The Hall–Kier alpha value is -1.82. The molecule has 6 heteroatoms. The number of benzene rings is 1. The number of esters is 1. The minimum Gasteiger partial charge on any atom is -0.456 e. The van der Waals surface area contributed by atoms with Crippen molar-refractivity contribution in [3.05, 3.63) is 45.7 Å². The molecule has 0 aliphatic rings. The fraction of sp³-hybridized carbons (Fsp3) is 0.231. The third-order valence-electron chi connectivity index (χ3n) is 2.68. The minimum atomic E-state index is -0.405. The van der Waals surface area contributed by atoms with Crippen LogP contribution in [0.15, 0.2) is 28.7 Å². The van der Waals surface area contributed by atoms with Gasteiger partial charge in [-0.25, -0.2) is 4.79 Å². The number of aryl methyl sites for hydroxylation is 2. The Labute approximate surface area is 119 Å². The van der Waals surface area contributed by atoms with Crippen LogP contribution in [-0.2, 0) is 18.4 Å². The van der Waals surface area contributed by atoms with Crippen molar-refractivity contribution in [2.75, 3.05) is 5.73 Å². The van der Waals surface area contributed by atoms with E-state index in [1.165, 1.54) is 0 Å². The maximum atomic E-state index is 11.9. The van der Waals surface area contributed by atoms with Crippen molar-refractivity contribution in [3.63, 3.8) is 0 Å². The smallest absolute Gasteiger partial charge is 0.338 e. The molecule has 2 N–H and O–H groups in total. The molecule has 2 aromatic rings. The first-order valence-electron chi connectivity index (χ1n) is 5.69. The second kappa shape index (κ2) is 5.44. The van der Waals surface area contributed by atoms with Crippen molar-refractivity contribution in [3.8, 4) is 0 Å². The first kappa shape index (κ1) is 13.6. The van der Waals surface area contributed by atoms with Gasteiger partial charge in [0.15, 0.2) is 0 Å². The lowest BCUT2D eigenvalue weighted by Gasteiger charge is -2.06. The molecule has 0 saturated carbocycles. The number of nitrogens with two attached hydrogens (primary N) is 1. The topological polar surface area (TPSA) is 70.1 Å². The zero-order chi connectivity index (χ0) is 14.0. The average molecular weight is 324 g/mol. The van der Waals surface area contributed by atoms with Crippen molar-refractivity contribution in [1.82, 2.24) is 9.78 Å². The van der Waals surface area contributed by atoms with E-state index in [-0.39, 0.29) is 6.61 Å². The van der Waals surface area contributed by atoms with Crippen molar-refractivity contribution < 1.29 is 9.53 Å². The summed E-state index contributed by atoms with van der Waals surface area (Å²) in [5.41, 5.74) is 8.39. The number of nitrogens with zero attached hydrogens (tertiary/aromatic N) is 2. The van der Waals surface area contributed by atoms with E-state index in [1.54, 1.807) is 22.9 Å². The summed E-state index contributed by atoms with van der Waals surface area (Å²) < 4.78 is 7.68. The SMILES string of the molecule is Cc1cc(COC(=O)c2ccc(Br)c(N)c2)n(C)n1. The van der Waals surface area contributed by atoms with E-state index in [4.69, 9.17) is 10.5 Å². The molecule has 0 aliphatic heterocycles. The van der Waals surface area contributed by atoms with E-state index in [9.17, 15) is 4.79 Å². The van der Waals surface area contributed by atoms with E-state index in [2.05, 4.69) is 21.0 Å². The van der Waals surface area contributed by atoms with Gasteiger partial charge in [-0.2, -0.15) is 5.10 Å². The summed E-state index contributed by atoms with van der Waals surface area (Å²) in [5, 5.41) is 4.19. The van der Waals surface area contributed by atoms with Crippen LogP contribution in [-0.4, -0.2) is 15.7 Å². The molecule has 19 heavy (non-hydrogen) atoms. The summed E-state index contributed by atoms with van der Waals surface area (Å²) >= 11 is 3.28. The molecule has 1 aromatic heterocycles. The van der Waals surface area contributed by atoms with Gasteiger partial charge < -0.3 is 10.5 Å². The van der Waals surface area contributed by atoms with E-state index in [1.807, 2.05) is 20.0 Å². The zero-order valence-corrected chi connectivity index (χ0v) is 12.3. The summed E-state index contributed by atoms with van der Waals surface area (Å²) in [4.78, 5) is 11.9. The minimum absolute atomic E-state index is 0.187. The predicted molar refractivity (Wildman–Crippen MR) is 75.6 cm³/mol. The van der Waals surface area contributed by atoms with Gasteiger partial charge in [0.25, 0.3) is 0 Å². The van der Waals surface area contributed by atoms with Crippen LogP contribution in [0.25, 0.3) is 0 Å². The summed E-state index contributed by atoms with van der Waals surface area (Å²) in [6.45, 7) is 2.08. The van der Waals surface area contributed by atoms with Gasteiger partial charge in [0, 0.05) is 17.2 Å².